The van der Waals surface area contributed by atoms with Crippen molar-refractivity contribution in [1.82, 2.24) is 4.98 Å². The first-order chi connectivity index (χ1) is 14.1. The van der Waals surface area contributed by atoms with Gasteiger partial charge in [-0.05, 0) is 38.1 Å². The van der Waals surface area contributed by atoms with Gasteiger partial charge in [0.2, 0.25) is 0 Å². The maximum atomic E-state index is 12.5. The lowest BCUT2D eigenvalue weighted by atomic mass is 10.1. The van der Waals surface area contributed by atoms with Crippen molar-refractivity contribution in [1.29, 1.82) is 0 Å². The van der Waals surface area contributed by atoms with Crippen LogP contribution in [0.2, 0.25) is 0 Å². The van der Waals surface area contributed by atoms with E-state index in [9.17, 15) is 9.59 Å². The van der Waals surface area contributed by atoms with Crippen LogP contribution in [0.3, 0.4) is 0 Å². The zero-order valence-corrected chi connectivity index (χ0v) is 16.5. The predicted octanol–water partition coefficient (Wildman–Crippen LogP) is 4.34. The first-order valence-electron chi connectivity index (χ1n) is 9.26. The number of anilines is 2. The van der Waals surface area contributed by atoms with Crippen LogP contribution in [0.4, 0.5) is 11.4 Å². The van der Waals surface area contributed by atoms with Crippen LogP contribution >= 0.6 is 0 Å². The van der Waals surface area contributed by atoms with Gasteiger partial charge in [0.15, 0.2) is 0 Å². The molecule has 1 heterocycles. The smallest absolute Gasteiger partial charge is 0.341 e. The minimum Gasteiger partial charge on any atom is -0.494 e. The number of rotatable bonds is 7. The summed E-state index contributed by atoms with van der Waals surface area (Å²) in [5, 5.41) is 3.93. The van der Waals surface area contributed by atoms with Gasteiger partial charge in [-0.3, -0.25) is 4.98 Å². The van der Waals surface area contributed by atoms with E-state index in [1.165, 1.54) is 6.20 Å². The average Bonchev–Trinajstić information content (AvgIpc) is 2.74. The number of fused-ring (bicyclic) bond motifs is 1. The number of carbonyl (C=O) groups is 2. The molecule has 1 aromatic heterocycles. The molecule has 0 aliphatic carbocycles. The van der Waals surface area contributed by atoms with Crippen molar-refractivity contribution in [2.75, 3.05) is 25.6 Å². The van der Waals surface area contributed by atoms with Crippen molar-refractivity contribution >= 4 is 34.2 Å². The van der Waals surface area contributed by atoms with Crippen molar-refractivity contribution in [3.8, 4) is 5.75 Å². The van der Waals surface area contributed by atoms with E-state index in [4.69, 9.17) is 14.2 Å². The minimum absolute atomic E-state index is 0.243. The zero-order chi connectivity index (χ0) is 20.8. The lowest BCUT2D eigenvalue weighted by molar-refractivity contribution is 0.0517. The van der Waals surface area contributed by atoms with Crippen molar-refractivity contribution in [3.05, 3.63) is 59.8 Å². The summed E-state index contributed by atoms with van der Waals surface area (Å²) in [7, 11) is 1.56. The quantitative estimate of drug-likeness (QED) is 0.597. The van der Waals surface area contributed by atoms with Gasteiger partial charge in [-0.15, -0.1) is 0 Å². The number of ether oxygens (including phenoxy) is 3. The van der Waals surface area contributed by atoms with Crippen LogP contribution in [0.5, 0.6) is 5.75 Å². The molecule has 0 bridgehead atoms. The number of methoxy groups -OCH3 is 1. The fraction of sp³-hybridized carbons (Fsp3) is 0.227. The molecule has 0 spiro atoms. The Morgan fingerprint density at radius 1 is 1.00 bits per heavy atom. The summed E-state index contributed by atoms with van der Waals surface area (Å²) in [6.07, 6.45) is 1.46. The van der Waals surface area contributed by atoms with Gasteiger partial charge in [-0.1, -0.05) is 18.2 Å². The molecule has 29 heavy (non-hydrogen) atoms. The molecule has 0 saturated carbocycles. The molecule has 0 aliphatic rings. The molecule has 0 aliphatic heterocycles. The summed E-state index contributed by atoms with van der Waals surface area (Å²) in [6.45, 7) is 4.03. The monoisotopic (exact) mass is 394 g/mol. The molecule has 0 atom stereocenters. The van der Waals surface area contributed by atoms with E-state index in [0.29, 0.717) is 33.6 Å². The molecular formula is C22H22N2O5. The molecule has 3 aromatic rings. The number of hydrogen-bond acceptors (Lipinski definition) is 7. The third-order valence-electron chi connectivity index (χ3n) is 4.22. The maximum absolute atomic E-state index is 12.5. The van der Waals surface area contributed by atoms with E-state index < -0.39 is 11.9 Å². The summed E-state index contributed by atoms with van der Waals surface area (Å²) in [5.41, 5.74) is 2.44. The van der Waals surface area contributed by atoms with Gasteiger partial charge in [0.05, 0.1) is 31.6 Å². The summed E-state index contributed by atoms with van der Waals surface area (Å²) in [6, 6.07) is 12.3. The van der Waals surface area contributed by atoms with E-state index in [0.717, 1.165) is 0 Å². The molecule has 1 N–H and O–H groups in total. The zero-order valence-electron chi connectivity index (χ0n) is 16.5. The fourth-order valence-electron chi connectivity index (χ4n) is 2.94. The standard InChI is InChI=1S/C22H22N2O5/c1-4-28-21(25)14-8-6-9-15(12-14)24-19-16-10-7-11-18(27-3)20(16)23-13-17(19)22(26)29-5-2/h6-13H,4-5H2,1-3H3,(H,23,24). The largest absolute Gasteiger partial charge is 0.494 e. The number of esters is 2. The highest BCUT2D eigenvalue weighted by Crippen LogP contribution is 2.34. The van der Waals surface area contributed by atoms with Crippen LogP contribution in [0, 0.1) is 0 Å². The Hall–Kier alpha value is -3.61. The van der Waals surface area contributed by atoms with E-state index in [2.05, 4.69) is 10.3 Å². The van der Waals surface area contributed by atoms with Gasteiger partial charge in [0, 0.05) is 17.3 Å². The van der Waals surface area contributed by atoms with Crippen LogP contribution < -0.4 is 10.1 Å². The minimum atomic E-state index is -0.492. The first kappa shape index (κ1) is 20.1. The number of pyridine rings is 1. The molecule has 0 unspecified atom stereocenters. The molecule has 0 radical (unpaired) electrons. The Kier molecular flexibility index (Phi) is 6.29. The number of aromatic nitrogens is 1. The van der Waals surface area contributed by atoms with Crippen molar-refractivity contribution in [3.63, 3.8) is 0 Å². The highest BCUT2D eigenvalue weighted by molar-refractivity contribution is 6.07. The summed E-state index contributed by atoms with van der Waals surface area (Å²) in [5.74, 6) is -0.321. The van der Waals surface area contributed by atoms with Gasteiger partial charge >= 0.3 is 11.9 Å². The van der Waals surface area contributed by atoms with Gasteiger partial charge in [0.1, 0.15) is 16.8 Å². The molecule has 2 aromatic carbocycles. The number of nitrogens with zero attached hydrogens (tertiary/aromatic N) is 1. The van der Waals surface area contributed by atoms with Gasteiger partial charge in [-0.25, -0.2) is 9.59 Å². The Morgan fingerprint density at radius 2 is 1.72 bits per heavy atom. The van der Waals surface area contributed by atoms with Crippen LogP contribution in [0.15, 0.2) is 48.7 Å². The Balaban J connectivity index is 2.11. The van der Waals surface area contributed by atoms with Crippen LogP contribution in [0.1, 0.15) is 34.6 Å². The molecule has 7 nitrogen and oxygen atoms in total. The second kappa shape index (κ2) is 9.05. The van der Waals surface area contributed by atoms with Crippen molar-refractivity contribution in [2.45, 2.75) is 13.8 Å². The second-order valence-electron chi connectivity index (χ2n) is 6.05. The van der Waals surface area contributed by atoms with Gasteiger partial charge < -0.3 is 19.5 Å². The normalized spacial score (nSPS) is 10.4. The molecule has 3 rings (SSSR count). The Morgan fingerprint density at radius 3 is 2.45 bits per heavy atom. The van der Waals surface area contributed by atoms with Gasteiger partial charge in [0.25, 0.3) is 0 Å². The van der Waals surface area contributed by atoms with Crippen LogP contribution in [-0.4, -0.2) is 37.2 Å². The Bertz CT molecular complexity index is 1050. The molecule has 0 saturated heterocycles. The molecule has 0 fully saturated rings. The topological polar surface area (TPSA) is 86.8 Å². The summed E-state index contributed by atoms with van der Waals surface area (Å²) in [4.78, 5) is 28.9. The summed E-state index contributed by atoms with van der Waals surface area (Å²) < 4.78 is 15.6. The first-order valence-corrected chi connectivity index (χ1v) is 9.26. The van der Waals surface area contributed by atoms with E-state index in [1.807, 2.05) is 12.1 Å². The number of hydrogen-bond donors (Lipinski definition) is 1. The van der Waals surface area contributed by atoms with E-state index in [1.54, 1.807) is 51.3 Å². The average molecular weight is 394 g/mol. The maximum Gasteiger partial charge on any atom is 0.341 e. The number of para-hydroxylation sites is 1. The number of nitrogens with one attached hydrogen (secondary N) is 1. The van der Waals surface area contributed by atoms with E-state index >= 15 is 0 Å². The molecular weight excluding hydrogens is 372 g/mol. The fourth-order valence-corrected chi connectivity index (χ4v) is 2.94. The summed E-state index contributed by atoms with van der Waals surface area (Å²) >= 11 is 0. The van der Waals surface area contributed by atoms with E-state index in [-0.39, 0.29) is 18.8 Å². The Labute approximate surface area is 168 Å². The molecule has 0 amide bonds. The molecule has 150 valence electrons. The third kappa shape index (κ3) is 4.29. The molecule has 7 heteroatoms. The highest BCUT2D eigenvalue weighted by atomic mass is 16.5. The van der Waals surface area contributed by atoms with Crippen LogP contribution in [0.25, 0.3) is 10.9 Å². The van der Waals surface area contributed by atoms with Crippen LogP contribution in [-0.2, 0) is 9.47 Å². The second-order valence-corrected chi connectivity index (χ2v) is 6.05. The van der Waals surface area contributed by atoms with Gasteiger partial charge in [-0.2, -0.15) is 0 Å². The lowest BCUT2D eigenvalue weighted by Gasteiger charge is -2.15. The third-order valence-corrected chi connectivity index (χ3v) is 4.22. The number of benzene rings is 2. The van der Waals surface area contributed by atoms with Crippen molar-refractivity contribution < 1.29 is 23.8 Å². The van der Waals surface area contributed by atoms with Crippen molar-refractivity contribution in [2.24, 2.45) is 0 Å². The predicted molar refractivity (Wildman–Crippen MR) is 110 cm³/mol. The number of carbonyl (C=O) groups excluding carboxylic acids is 2. The lowest BCUT2D eigenvalue weighted by Crippen LogP contribution is -2.10. The highest BCUT2D eigenvalue weighted by Gasteiger charge is 2.19. The SMILES string of the molecule is CCOC(=O)c1cccc(Nc2c(C(=O)OCC)cnc3c(OC)cccc23)c1.